The van der Waals surface area contributed by atoms with Crippen LogP contribution in [0.5, 0.6) is 0 Å². The maximum absolute atomic E-state index is 11.5. The molecule has 1 aromatic heterocycles. The minimum Gasteiger partial charge on any atom is -0.478 e. The fourth-order valence-corrected chi connectivity index (χ4v) is 1.54. The van der Waals surface area contributed by atoms with Crippen molar-refractivity contribution >= 4 is 5.97 Å². The molecule has 0 amide bonds. The summed E-state index contributed by atoms with van der Waals surface area (Å²) in [5.74, 6) is -1.03. The van der Waals surface area contributed by atoms with E-state index < -0.39 is 5.97 Å². The lowest BCUT2D eigenvalue weighted by Gasteiger charge is -2.11. The van der Waals surface area contributed by atoms with E-state index in [2.05, 4.69) is 0 Å². The number of hydrogen-bond donors (Lipinski definition) is 1. The minimum atomic E-state index is -1.03. The van der Waals surface area contributed by atoms with Crippen LogP contribution in [-0.4, -0.2) is 27.9 Å². The van der Waals surface area contributed by atoms with Crippen LogP contribution in [0.1, 0.15) is 30.1 Å². The molecule has 0 radical (unpaired) electrons. The number of carboxylic acids is 1. The molecule has 1 aromatic rings. The van der Waals surface area contributed by atoms with Gasteiger partial charge in [0, 0.05) is 18.8 Å². The molecule has 0 saturated heterocycles. The number of aromatic nitrogens is 1. The van der Waals surface area contributed by atoms with Crippen molar-refractivity contribution in [3.8, 4) is 0 Å². The Balaban J connectivity index is 2.01. The highest BCUT2D eigenvalue weighted by Gasteiger charge is 2.38. The standard InChI is InChI=1S/C12H15NO4/c1-12(4-5-12)17-7-6-13-8-9(11(15)16)2-3-10(13)14/h2-3,8H,4-7H2,1H3,(H,15,16). The summed E-state index contributed by atoms with van der Waals surface area (Å²) in [5.41, 5.74) is -0.115. The zero-order valence-electron chi connectivity index (χ0n) is 9.68. The van der Waals surface area contributed by atoms with Crippen molar-refractivity contribution in [2.75, 3.05) is 6.61 Å². The van der Waals surface area contributed by atoms with Crippen LogP contribution in [0, 0.1) is 0 Å². The molecule has 1 aliphatic carbocycles. The number of carboxylic acid groups (broad SMARTS) is 1. The molecule has 5 nitrogen and oxygen atoms in total. The number of pyridine rings is 1. The van der Waals surface area contributed by atoms with E-state index in [4.69, 9.17) is 9.84 Å². The predicted octanol–water partition coefficient (Wildman–Crippen LogP) is 1.12. The van der Waals surface area contributed by atoms with Gasteiger partial charge in [0.15, 0.2) is 0 Å². The minimum absolute atomic E-state index is 0.0198. The van der Waals surface area contributed by atoms with E-state index in [1.54, 1.807) is 0 Å². The predicted molar refractivity (Wildman–Crippen MR) is 61.3 cm³/mol. The van der Waals surface area contributed by atoms with Crippen LogP contribution in [0.15, 0.2) is 23.1 Å². The first-order valence-corrected chi connectivity index (χ1v) is 5.58. The fourth-order valence-electron chi connectivity index (χ4n) is 1.54. The molecule has 0 bridgehead atoms. The van der Waals surface area contributed by atoms with Gasteiger partial charge in [-0.2, -0.15) is 0 Å². The molecular formula is C12H15NO4. The van der Waals surface area contributed by atoms with Crippen molar-refractivity contribution < 1.29 is 14.6 Å². The topological polar surface area (TPSA) is 68.5 Å². The second kappa shape index (κ2) is 4.33. The van der Waals surface area contributed by atoms with Gasteiger partial charge in [-0.1, -0.05) is 0 Å². The molecule has 1 saturated carbocycles. The van der Waals surface area contributed by atoms with E-state index in [1.807, 2.05) is 6.92 Å². The van der Waals surface area contributed by atoms with Crippen molar-refractivity contribution in [2.45, 2.75) is 31.9 Å². The average Bonchev–Trinajstić information content (AvgIpc) is 2.99. The molecule has 0 aliphatic heterocycles. The van der Waals surface area contributed by atoms with Crippen LogP contribution in [0.4, 0.5) is 0 Å². The number of rotatable bonds is 5. The van der Waals surface area contributed by atoms with E-state index >= 15 is 0 Å². The van der Waals surface area contributed by atoms with Crippen molar-refractivity contribution in [1.82, 2.24) is 4.57 Å². The largest absolute Gasteiger partial charge is 0.478 e. The van der Waals surface area contributed by atoms with Crippen LogP contribution in [-0.2, 0) is 11.3 Å². The summed E-state index contributed by atoms with van der Waals surface area (Å²) in [6.07, 6.45) is 3.46. The highest BCUT2D eigenvalue weighted by atomic mass is 16.5. The lowest BCUT2D eigenvalue weighted by Crippen LogP contribution is -2.24. The van der Waals surface area contributed by atoms with Gasteiger partial charge >= 0.3 is 5.97 Å². The summed E-state index contributed by atoms with van der Waals surface area (Å²) in [4.78, 5) is 22.2. The molecular weight excluding hydrogens is 222 g/mol. The van der Waals surface area contributed by atoms with Crippen molar-refractivity contribution in [2.24, 2.45) is 0 Å². The molecule has 1 heterocycles. The molecule has 92 valence electrons. The maximum Gasteiger partial charge on any atom is 0.337 e. The number of ether oxygens (including phenoxy) is 1. The number of aromatic carboxylic acids is 1. The Hall–Kier alpha value is -1.62. The van der Waals surface area contributed by atoms with Crippen molar-refractivity contribution in [3.05, 3.63) is 34.2 Å². The second-order valence-corrected chi connectivity index (χ2v) is 4.55. The number of nitrogens with zero attached hydrogens (tertiary/aromatic N) is 1. The smallest absolute Gasteiger partial charge is 0.337 e. The number of carbonyl (C=O) groups is 1. The van der Waals surface area contributed by atoms with Crippen LogP contribution in [0.25, 0.3) is 0 Å². The van der Waals surface area contributed by atoms with Crippen molar-refractivity contribution in [3.63, 3.8) is 0 Å². The summed E-state index contributed by atoms with van der Waals surface area (Å²) in [6, 6.07) is 2.58. The third kappa shape index (κ3) is 2.94. The Morgan fingerprint density at radius 1 is 1.53 bits per heavy atom. The molecule has 5 heteroatoms. The summed E-state index contributed by atoms with van der Waals surface area (Å²) < 4.78 is 6.96. The Morgan fingerprint density at radius 2 is 2.24 bits per heavy atom. The van der Waals surface area contributed by atoms with Gasteiger partial charge < -0.3 is 14.4 Å². The van der Waals surface area contributed by atoms with E-state index in [0.29, 0.717) is 13.2 Å². The molecule has 2 rings (SSSR count). The van der Waals surface area contributed by atoms with Crippen LogP contribution in [0.2, 0.25) is 0 Å². The molecule has 1 aliphatic rings. The first-order valence-electron chi connectivity index (χ1n) is 5.58. The third-order valence-corrected chi connectivity index (χ3v) is 2.97. The fraction of sp³-hybridized carbons (Fsp3) is 0.500. The first-order chi connectivity index (χ1) is 8.00. The molecule has 0 unspecified atom stereocenters. The molecule has 17 heavy (non-hydrogen) atoms. The number of hydrogen-bond acceptors (Lipinski definition) is 3. The third-order valence-electron chi connectivity index (χ3n) is 2.97. The van der Waals surface area contributed by atoms with Gasteiger partial charge in [-0.15, -0.1) is 0 Å². The highest BCUT2D eigenvalue weighted by Crippen LogP contribution is 2.38. The van der Waals surface area contributed by atoms with Gasteiger partial charge in [-0.3, -0.25) is 4.79 Å². The lowest BCUT2D eigenvalue weighted by molar-refractivity contribution is 0.0406. The van der Waals surface area contributed by atoms with Crippen LogP contribution >= 0.6 is 0 Å². The zero-order chi connectivity index (χ0) is 12.5. The van der Waals surface area contributed by atoms with E-state index in [-0.39, 0.29) is 16.7 Å². The zero-order valence-corrected chi connectivity index (χ0v) is 9.68. The van der Waals surface area contributed by atoms with Gasteiger partial charge in [0.25, 0.3) is 5.56 Å². The quantitative estimate of drug-likeness (QED) is 0.833. The van der Waals surface area contributed by atoms with E-state index in [1.165, 1.54) is 22.9 Å². The molecule has 0 aromatic carbocycles. The molecule has 1 N–H and O–H groups in total. The maximum atomic E-state index is 11.5. The molecule has 1 fully saturated rings. The average molecular weight is 237 g/mol. The first kappa shape index (κ1) is 11.9. The highest BCUT2D eigenvalue weighted by molar-refractivity contribution is 5.87. The van der Waals surface area contributed by atoms with Crippen LogP contribution in [0.3, 0.4) is 0 Å². The Labute approximate surface area is 98.6 Å². The Kier molecular flexibility index (Phi) is 3.02. The SMILES string of the molecule is CC1(OCCn2cc(C(=O)O)ccc2=O)CC1. The summed E-state index contributed by atoms with van der Waals surface area (Å²) in [5, 5.41) is 8.82. The van der Waals surface area contributed by atoms with Gasteiger partial charge in [0.2, 0.25) is 0 Å². The normalized spacial score (nSPS) is 16.8. The second-order valence-electron chi connectivity index (χ2n) is 4.55. The molecule has 0 spiro atoms. The summed E-state index contributed by atoms with van der Waals surface area (Å²) in [7, 11) is 0. The summed E-state index contributed by atoms with van der Waals surface area (Å²) in [6.45, 7) is 2.85. The monoisotopic (exact) mass is 237 g/mol. The van der Waals surface area contributed by atoms with Gasteiger partial charge in [-0.05, 0) is 25.8 Å². The molecule has 0 atom stereocenters. The van der Waals surface area contributed by atoms with Crippen molar-refractivity contribution in [1.29, 1.82) is 0 Å². The summed E-state index contributed by atoms with van der Waals surface area (Å²) >= 11 is 0. The Morgan fingerprint density at radius 3 is 2.82 bits per heavy atom. The lowest BCUT2D eigenvalue weighted by atomic mass is 10.3. The van der Waals surface area contributed by atoms with Crippen LogP contribution < -0.4 is 5.56 Å². The van der Waals surface area contributed by atoms with Gasteiger partial charge in [0.1, 0.15) is 0 Å². The van der Waals surface area contributed by atoms with Gasteiger partial charge in [-0.25, -0.2) is 4.79 Å². The van der Waals surface area contributed by atoms with Gasteiger partial charge in [0.05, 0.1) is 17.8 Å². The van der Waals surface area contributed by atoms with E-state index in [9.17, 15) is 9.59 Å². The van der Waals surface area contributed by atoms with E-state index in [0.717, 1.165) is 12.8 Å². The Bertz CT molecular complexity index is 488.